The first-order chi connectivity index (χ1) is 12.2. The quantitative estimate of drug-likeness (QED) is 0.917. The number of likely N-dealkylation sites (N-methyl/N-ethyl adjacent to an activating group) is 1. The Hall–Kier alpha value is -2.27. The van der Waals surface area contributed by atoms with E-state index in [2.05, 4.69) is 47.4 Å². The first-order valence-electron chi connectivity index (χ1n) is 9.13. The van der Waals surface area contributed by atoms with Gasteiger partial charge < -0.3 is 14.6 Å². The summed E-state index contributed by atoms with van der Waals surface area (Å²) in [5, 5.41) is 1.36. The van der Waals surface area contributed by atoms with Crippen LogP contribution < -0.4 is 0 Å². The number of nitrogens with one attached hydrogen (secondary N) is 1. The molecule has 130 valence electrons. The van der Waals surface area contributed by atoms with E-state index in [1.54, 1.807) is 4.90 Å². The van der Waals surface area contributed by atoms with Crippen molar-refractivity contribution in [1.82, 2.24) is 14.8 Å². The van der Waals surface area contributed by atoms with Gasteiger partial charge in [-0.15, -0.1) is 0 Å². The Morgan fingerprint density at radius 1 is 1.36 bits per heavy atom. The maximum absolute atomic E-state index is 12.0. The zero-order valence-corrected chi connectivity index (χ0v) is 14.5. The first-order valence-corrected chi connectivity index (χ1v) is 9.13. The van der Waals surface area contributed by atoms with Crippen LogP contribution in [0.5, 0.6) is 0 Å². The van der Waals surface area contributed by atoms with Crippen molar-refractivity contribution in [3.63, 3.8) is 0 Å². The zero-order chi connectivity index (χ0) is 17.0. The Morgan fingerprint density at radius 2 is 2.24 bits per heavy atom. The predicted molar refractivity (Wildman–Crippen MR) is 97.4 cm³/mol. The van der Waals surface area contributed by atoms with Crippen molar-refractivity contribution in [2.75, 3.05) is 33.3 Å². The molecule has 0 radical (unpaired) electrons. The van der Waals surface area contributed by atoms with E-state index in [1.807, 2.05) is 0 Å². The van der Waals surface area contributed by atoms with Gasteiger partial charge in [-0.2, -0.15) is 0 Å². The number of H-pyrrole nitrogens is 1. The molecule has 2 aliphatic heterocycles. The van der Waals surface area contributed by atoms with Gasteiger partial charge in [0.1, 0.15) is 6.61 Å². The van der Waals surface area contributed by atoms with Crippen LogP contribution in [0.25, 0.3) is 16.5 Å². The monoisotopic (exact) mass is 337 g/mol. The summed E-state index contributed by atoms with van der Waals surface area (Å²) in [6.45, 7) is 3.07. The van der Waals surface area contributed by atoms with Gasteiger partial charge in [0.15, 0.2) is 0 Å². The second-order valence-corrected chi connectivity index (χ2v) is 7.50. The highest BCUT2D eigenvalue weighted by Crippen LogP contribution is 2.40. The molecule has 0 saturated carbocycles. The van der Waals surface area contributed by atoms with Gasteiger partial charge in [0, 0.05) is 48.7 Å². The molecule has 0 spiro atoms. The molecule has 5 rings (SSSR count). The number of ether oxygens (including phenoxy) is 1. The molecule has 5 nitrogen and oxygen atoms in total. The molecule has 3 heterocycles. The number of aromatic nitrogens is 1. The SMILES string of the molecule is CN1C[C@H](COC(=O)N2CCC2)C=C2c3cccc4[nH]cc(c34)C[C@H]21. The zero-order valence-electron chi connectivity index (χ0n) is 14.5. The third-order valence-corrected chi connectivity index (χ3v) is 5.88. The fourth-order valence-corrected chi connectivity index (χ4v) is 4.42. The Bertz CT molecular complexity index is 865. The van der Waals surface area contributed by atoms with Crippen molar-refractivity contribution in [2.45, 2.75) is 18.9 Å². The lowest BCUT2D eigenvalue weighted by Crippen LogP contribution is -2.45. The van der Waals surface area contributed by atoms with Gasteiger partial charge in [-0.1, -0.05) is 18.2 Å². The molecule has 1 aromatic heterocycles. The van der Waals surface area contributed by atoms with Gasteiger partial charge in [-0.3, -0.25) is 4.90 Å². The summed E-state index contributed by atoms with van der Waals surface area (Å²) < 4.78 is 5.55. The molecule has 1 fully saturated rings. The fourth-order valence-electron chi connectivity index (χ4n) is 4.42. The summed E-state index contributed by atoms with van der Waals surface area (Å²) in [5.41, 5.74) is 5.33. The number of nitrogens with zero attached hydrogens (tertiary/aromatic N) is 2. The van der Waals surface area contributed by atoms with Gasteiger partial charge in [0.05, 0.1) is 0 Å². The van der Waals surface area contributed by atoms with Gasteiger partial charge >= 0.3 is 6.09 Å². The minimum atomic E-state index is -0.159. The van der Waals surface area contributed by atoms with E-state index >= 15 is 0 Å². The molecule has 1 aromatic carbocycles. The van der Waals surface area contributed by atoms with Crippen molar-refractivity contribution < 1.29 is 9.53 Å². The van der Waals surface area contributed by atoms with Crippen LogP contribution in [0.3, 0.4) is 0 Å². The summed E-state index contributed by atoms with van der Waals surface area (Å²) in [6.07, 6.45) is 6.47. The van der Waals surface area contributed by atoms with Crippen molar-refractivity contribution in [3.05, 3.63) is 41.6 Å². The number of hydrogen-bond donors (Lipinski definition) is 1. The van der Waals surface area contributed by atoms with E-state index in [4.69, 9.17) is 4.74 Å². The summed E-state index contributed by atoms with van der Waals surface area (Å²) in [5.74, 6) is 0.247. The molecule has 0 unspecified atom stereocenters. The van der Waals surface area contributed by atoms with Crippen LogP contribution in [0.15, 0.2) is 30.5 Å². The minimum absolute atomic E-state index is 0.159. The standard InChI is InChI=1S/C20H23N3O2/c1-22-11-13(12-25-20(24)23-6-3-7-23)8-16-15-4-2-5-17-19(15)14(10-21-17)9-18(16)22/h2,4-5,8,10,13,18,21H,3,6-7,9,11-12H2,1H3/t13-,18-/m1/s1. The highest BCUT2D eigenvalue weighted by molar-refractivity contribution is 5.98. The second-order valence-electron chi connectivity index (χ2n) is 7.50. The molecule has 1 aliphatic carbocycles. The molecular weight excluding hydrogens is 314 g/mol. The van der Waals surface area contributed by atoms with Crippen molar-refractivity contribution in [1.29, 1.82) is 0 Å². The maximum atomic E-state index is 12.0. The van der Waals surface area contributed by atoms with Crippen molar-refractivity contribution >= 4 is 22.6 Å². The van der Waals surface area contributed by atoms with Crippen LogP contribution in [-0.2, 0) is 11.2 Å². The molecule has 2 atom stereocenters. The Labute approximate surface area is 147 Å². The molecule has 1 saturated heterocycles. The number of aromatic amines is 1. The van der Waals surface area contributed by atoms with E-state index in [9.17, 15) is 4.79 Å². The third-order valence-electron chi connectivity index (χ3n) is 5.88. The fraction of sp³-hybridized carbons (Fsp3) is 0.450. The van der Waals surface area contributed by atoms with Crippen LogP contribution >= 0.6 is 0 Å². The van der Waals surface area contributed by atoms with Gasteiger partial charge in [-0.05, 0) is 42.7 Å². The molecule has 5 heteroatoms. The van der Waals surface area contributed by atoms with E-state index in [1.165, 1.54) is 27.6 Å². The summed E-state index contributed by atoms with van der Waals surface area (Å²) in [7, 11) is 2.18. The average Bonchev–Trinajstić information content (AvgIpc) is 2.97. The number of rotatable bonds is 2. The predicted octanol–water partition coefficient (Wildman–Crippen LogP) is 2.88. The van der Waals surface area contributed by atoms with E-state index < -0.39 is 0 Å². The number of carbonyl (C=O) groups is 1. The van der Waals surface area contributed by atoms with Crippen LogP contribution in [0.1, 0.15) is 17.5 Å². The smallest absolute Gasteiger partial charge is 0.409 e. The summed E-state index contributed by atoms with van der Waals surface area (Å²) in [4.78, 5) is 19.6. The lowest BCUT2D eigenvalue weighted by atomic mass is 9.80. The van der Waals surface area contributed by atoms with Gasteiger partial charge in [-0.25, -0.2) is 4.79 Å². The third kappa shape index (κ3) is 2.37. The highest BCUT2D eigenvalue weighted by Gasteiger charge is 2.34. The lowest BCUT2D eigenvalue weighted by molar-refractivity contribution is 0.0673. The largest absolute Gasteiger partial charge is 0.449 e. The molecular formula is C20H23N3O2. The van der Waals surface area contributed by atoms with E-state index in [-0.39, 0.29) is 12.0 Å². The molecule has 25 heavy (non-hydrogen) atoms. The topological polar surface area (TPSA) is 48.6 Å². The highest BCUT2D eigenvalue weighted by atomic mass is 16.6. The minimum Gasteiger partial charge on any atom is -0.449 e. The normalized spacial score (nSPS) is 25.3. The van der Waals surface area contributed by atoms with Crippen LogP contribution in [0.4, 0.5) is 4.79 Å². The average molecular weight is 337 g/mol. The van der Waals surface area contributed by atoms with Crippen LogP contribution in [0.2, 0.25) is 0 Å². The van der Waals surface area contributed by atoms with Gasteiger partial charge in [0.2, 0.25) is 0 Å². The number of hydrogen-bond acceptors (Lipinski definition) is 3. The summed E-state index contributed by atoms with van der Waals surface area (Å²) >= 11 is 0. The van der Waals surface area contributed by atoms with Crippen LogP contribution in [0, 0.1) is 5.92 Å². The molecule has 1 amide bonds. The first kappa shape index (κ1) is 15.0. The molecule has 0 bridgehead atoms. The maximum Gasteiger partial charge on any atom is 0.409 e. The van der Waals surface area contributed by atoms with E-state index in [0.29, 0.717) is 12.6 Å². The Morgan fingerprint density at radius 3 is 3.04 bits per heavy atom. The van der Waals surface area contributed by atoms with E-state index in [0.717, 1.165) is 32.5 Å². The lowest BCUT2D eigenvalue weighted by Gasteiger charge is -2.40. The number of amides is 1. The number of carbonyl (C=O) groups excluding carboxylic acids is 1. The molecule has 3 aliphatic rings. The second kappa shape index (κ2) is 5.63. The number of fused-ring (bicyclic) bond motifs is 2. The number of likely N-dealkylation sites (tertiary alicyclic amines) is 1. The van der Waals surface area contributed by atoms with Crippen molar-refractivity contribution in [3.8, 4) is 0 Å². The van der Waals surface area contributed by atoms with Crippen molar-refractivity contribution in [2.24, 2.45) is 5.92 Å². The summed E-state index contributed by atoms with van der Waals surface area (Å²) in [6, 6.07) is 6.90. The number of benzene rings is 1. The molecule has 1 N–H and O–H groups in total. The van der Waals surface area contributed by atoms with Gasteiger partial charge in [0.25, 0.3) is 0 Å². The Balaban J connectivity index is 1.43. The Kier molecular flexibility index (Phi) is 3.38. The van der Waals surface area contributed by atoms with Crippen LogP contribution in [-0.4, -0.2) is 60.2 Å². The molecule has 2 aromatic rings.